The predicted octanol–water partition coefficient (Wildman–Crippen LogP) is 2.07. The van der Waals surface area contributed by atoms with Crippen LogP contribution in [0.1, 0.15) is 0 Å². The smallest absolute Gasteiger partial charge is 0.340 e. The summed E-state index contributed by atoms with van der Waals surface area (Å²) in [6, 6.07) is 7.28. The van der Waals surface area contributed by atoms with Gasteiger partial charge in [0.2, 0.25) is 5.78 Å². The van der Waals surface area contributed by atoms with E-state index >= 15 is 4.39 Å². The molecule has 8 heteroatoms. The van der Waals surface area contributed by atoms with Gasteiger partial charge in [-0.2, -0.15) is 0 Å². The summed E-state index contributed by atoms with van der Waals surface area (Å²) in [5, 5.41) is 13.2. The minimum absolute atomic E-state index is 0.0180. The van der Waals surface area contributed by atoms with Crippen molar-refractivity contribution in [3.05, 3.63) is 82.9 Å². The number of hydrogen-bond acceptors (Lipinski definition) is 6. The number of carboxylic acids is 1. The quantitative estimate of drug-likeness (QED) is 0.691. The maximum atomic E-state index is 15.7. The molecular weight excluding hydrogens is 413 g/mol. The lowest BCUT2D eigenvalue weighted by atomic mass is 9.72. The van der Waals surface area contributed by atoms with E-state index in [2.05, 4.69) is 5.32 Å². The molecule has 6 rings (SSSR count). The van der Waals surface area contributed by atoms with Crippen molar-refractivity contribution in [3.63, 3.8) is 0 Å². The molecule has 32 heavy (non-hydrogen) atoms. The van der Waals surface area contributed by atoms with Crippen LogP contribution >= 0.6 is 0 Å². The molecule has 2 atom stereocenters. The van der Waals surface area contributed by atoms with E-state index in [0.29, 0.717) is 30.2 Å². The molecule has 162 valence electrons. The van der Waals surface area contributed by atoms with Gasteiger partial charge in [0.25, 0.3) is 0 Å². The fourth-order valence-electron chi connectivity index (χ4n) is 5.28. The lowest BCUT2D eigenvalue weighted by Crippen LogP contribution is -2.62. The molecule has 0 bridgehead atoms. The molecule has 1 saturated heterocycles. The Bertz CT molecular complexity index is 1220. The first kappa shape index (κ1) is 19.2. The van der Waals surface area contributed by atoms with Crippen LogP contribution in [0.4, 0.5) is 10.1 Å². The number of ether oxygens (including phenoxy) is 1. The number of fused-ring (bicyclic) bond motifs is 2. The second kappa shape index (κ2) is 6.75. The Kier molecular flexibility index (Phi) is 4.05. The standard InChI is InChI=1S/C24H20FN3O4/c25-16-13-14-20(29)19(23(30)31)15-5-3-4-8-24(15)21(14)28(17-6-1-2-7-18(17)32-24)22(16)27-11-9-26-10-12-27/h1-8,13,22,26H,9-12H2,(H,30,31). The minimum Gasteiger partial charge on any atom is -0.478 e. The second-order valence-corrected chi connectivity index (χ2v) is 8.27. The Morgan fingerprint density at radius 1 is 1.22 bits per heavy atom. The third-order valence-corrected chi connectivity index (χ3v) is 6.57. The Labute approximate surface area is 183 Å². The lowest BCUT2D eigenvalue weighted by Gasteiger charge is -2.54. The van der Waals surface area contributed by atoms with Gasteiger partial charge < -0.3 is 20.1 Å². The number of Topliss-reactive ketones (excluding diaryl/α,β-unsaturated/α-hetero) is 1. The highest BCUT2D eigenvalue weighted by Crippen LogP contribution is 2.55. The van der Waals surface area contributed by atoms with E-state index in [0.717, 1.165) is 13.1 Å². The zero-order valence-corrected chi connectivity index (χ0v) is 17.0. The Balaban J connectivity index is 1.66. The summed E-state index contributed by atoms with van der Waals surface area (Å²) in [6.07, 6.45) is 7.25. The van der Waals surface area contributed by atoms with E-state index in [1.807, 2.05) is 28.0 Å². The molecule has 0 saturated carbocycles. The molecule has 5 aliphatic rings. The molecule has 1 fully saturated rings. The number of ketones is 1. The highest BCUT2D eigenvalue weighted by molar-refractivity contribution is 6.27. The third-order valence-electron chi connectivity index (χ3n) is 6.57. The van der Waals surface area contributed by atoms with Crippen molar-refractivity contribution in [2.24, 2.45) is 0 Å². The summed E-state index contributed by atoms with van der Waals surface area (Å²) in [7, 11) is 0. The molecule has 1 spiro atoms. The summed E-state index contributed by atoms with van der Waals surface area (Å²) in [6.45, 7) is 2.72. The number of allylic oxidation sites excluding steroid dienone is 4. The monoisotopic (exact) mass is 433 g/mol. The lowest BCUT2D eigenvalue weighted by molar-refractivity contribution is -0.134. The Morgan fingerprint density at radius 2 is 2.00 bits per heavy atom. The van der Waals surface area contributed by atoms with E-state index < -0.39 is 34.9 Å². The second-order valence-electron chi connectivity index (χ2n) is 8.27. The number of halogens is 1. The molecule has 3 aliphatic heterocycles. The molecule has 1 aromatic rings. The van der Waals surface area contributed by atoms with Crippen molar-refractivity contribution in [1.29, 1.82) is 0 Å². The highest BCUT2D eigenvalue weighted by atomic mass is 19.1. The first-order valence-electron chi connectivity index (χ1n) is 10.6. The number of anilines is 1. The van der Waals surface area contributed by atoms with Gasteiger partial charge >= 0.3 is 5.97 Å². The predicted molar refractivity (Wildman–Crippen MR) is 115 cm³/mol. The molecule has 2 unspecified atom stereocenters. The molecule has 0 radical (unpaired) electrons. The van der Waals surface area contributed by atoms with Crippen LogP contribution in [0.25, 0.3) is 0 Å². The normalized spacial score (nSPS) is 28.7. The molecule has 0 aromatic heterocycles. The number of carboxylic acid groups (broad SMARTS) is 1. The molecule has 7 nitrogen and oxygen atoms in total. The molecule has 3 heterocycles. The van der Waals surface area contributed by atoms with E-state index in [1.54, 1.807) is 30.4 Å². The number of nitrogens with zero attached hydrogens (tertiary/aromatic N) is 2. The zero-order chi connectivity index (χ0) is 22.0. The van der Waals surface area contributed by atoms with Crippen molar-refractivity contribution < 1.29 is 23.8 Å². The van der Waals surface area contributed by atoms with E-state index in [-0.39, 0.29) is 11.1 Å². The number of para-hydroxylation sites is 2. The number of piperazine rings is 1. The number of carbonyl (C=O) groups is 2. The van der Waals surface area contributed by atoms with Gasteiger partial charge in [-0.15, -0.1) is 0 Å². The van der Waals surface area contributed by atoms with Crippen LogP contribution in [0, 0.1) is 0 Å². The molecule has 0 amide bonds. The van der Waals surface area contributed by atoms with Crippen LogP contribution < -0.4 is 15.0 Å². The van der Waals surface area contributed by atoms with Crippen molar-refractivity contribution in [2.75, 3.05) is 31.1 Å². The fraction of sp³-hybridized carbons (Fsp3) is 0.250. The minimum atomic E-state index is -1.36. The van der Waals surface area contributed by atoms with Crippen LogP contribution in [0.3, 0.4) is 0 Å². The number of carbonyl (C=O) groups excluding carboxylic acids is 1. The van der Waals surface area contributed by atoms with E-state index in [1.165, 1.54) is 6.08 Å². The molecule has 1 aromatic carbocycles. The largest absolute Gasteiger partial charge is 0.478 e. The number of hydrogen-bond donors (Lipinski definition) is 2. The van der Waals surface area contributed by atoms with E-state index in [9.17, 15) is 14.7 Å². The topological polar surface area (TPSA) is 82.1 Å². The number of rotatable bonds is 2. The summed E-state index contributed by atoms with van der Waals surface area (Å²) < 4.78 is 22.2. The fourth-order valence-corrected chi connectivity index (χ4v) is 5.28. The van der Waals surface area contributed by atoms with Crippen LogP contribution in [-0.2, 0) is 9.59 Å². The SMILES string of the molecule is O=C(O)C1=C2C=CC=CC23Oc2ccccc2N2C3=C(C=C(F)C2N2CCNCC2)C1=O. The average molecular weight is 433 g/mol. The summed E-state index contributed by atoms with van der Waals surface area (Å²) >= 11 is 0. The average Bonchev–Trinajstić information content (AvgIpc) is 2.80. The Morgan fingerprint density at radius 3 is 2.78 bits per heavy atom. The molecule has 2 aliphatic carbocycles. The maximum Gasteiger partial charge on any atom is 0.340 e. The molecular formula is C24H20FN3O4. The van der Waals surface area contributed by atoms with Gasteiger partial charge in [0, 0.05) is 37.3 Å². The number of benzene rings is 1. The zero-order valence-electron chi connectivity index (χ0n) is 17.0. The maximum absolute atomic E-state index is 15.7. The van der Waals surface area contributed by atoms with Gasteiger partial charge in [-0.25, -0.2) is 9.18 Å². The third kappa shape index (κ3) is 2.42. The van der Waals surface area contributed by atoms with Gasteiger partial charge in [0.05, 0.1) is 11.4 Å². The van der Waals surface area contributed by atoms with Crippen LogP contribution in [0.2, 0.25) is 0 Å². The number of aliphatic carboxylic acids is 1. The summed E-state index contributed by atoms with van der Waals surface area (Å²) in [5.41, 5.74) is -0.342. The van der Waals surface area contributed by atoms with Crippen LogP contribution in [0.15, 0.2) is 82.9 Å². The van der Waals surface area contributed by atoms with Gasteiger partial charge in [0.15, 0.2) is 5.60 Å². The van der Waals surface area contributed by atoms with Crippen molar-refractivity contribution in [3.8, 4) is 5.75 Å². The number of nitrogens with one attached hydrogen (secondary N) is 1. The first-order chi connectivity index (χ1) is 15.5. The van der Waals surface area contributed by atoms with E-state index in [4.69, 9.17) is 4.74 Å². The first-order valence-corrected chi connectivity index (χ1v) is 10.6. The van der Waals surface area contributed by atoms with Crippen LogP contribution in [0.5, 0.6) is 5.75 Å². The highest BCUT2D eigenvalue weighted by Gasteiger charge is 2.57. The van der Waals surface area contributed by atoms with Gasteiger partial charge in [-0.05, 0) is 24.3 Å². The summed E-state index contributed by atoms with van der Waals surface area (Å²) in [5.74, 6) is -2.06. The Hall–Kier alpha value is -3.49. The van der Waals surface area contributed by atoms with Crippen molar-refractivity contribution >= 4 is 17.4 Å². The van der Waals surface area contributed by atoms with Crippen molar-refractivity contribution in [1.82, 2.24) is 10.2 Å². The molecule has 2 N–H and O–H groups in total. The van der Waals surface area contributed by atoms with Gasteiger partial charge in [-0.3, -0.25) is 9.69 Å². The van der Waals surface area contributed by atoms with Crippen LogP contribution in [-0.4, -0.2) is 59.7 Å². The van der Waals surface area contributed by atoms with Crippen molar-refractivity contribution in [2.45, 2.75) is 11.8 Å². The summed E-state index contributed by atoms with van der Waals surface area (Å²) in [4.78, 5) is 29.3. The van der Waals surface area contributed by atoms with Gasteiger partial charge in [-0.1, -0.05) is 30.4 Å². The van der Waals surface area contributed by atoms with Gasteiger partial charge in [0.1, 0.15) is 23.3 Å².